The molecular weight excluding hydrogens is 290 g/mol. The van der Waals surface area contributed by atoms with Gasteiger partial charge in [0.15, 0.2) is 0 Å². The van der Waals surface area contributed by atoms with Gasteiger partial charge >= 0.3 is 11.9 Å². The van der Waals surface area contributed by atoms with E-state index in [0.29, 0.717) is 0 Å². The Morgan fingerprint density at radius 1 is 1.41 bits per heavy atom. The summed E-state index contributed by atoms with van der Waals surface area (Å²) < 4.78 is 15.7. The first-order valence-electron chi connectivity index (χ1n) is 7.52. The number of aliphatic hydroxyl groups excluding tert-OH is 1. The normalized spacial score (nSPS) is 35.3. The number of carbonyl (C=O) groups is 2. The van der Waals surface area contributed by atoms with E-state index >= 15 is 0 Å². The number of hydrogen-bond acceptors (Lipinski definition) is 7. The fourth-order valence-corrected chi connectivity index (χ4v) is 3.37. The average molecular weight is 315 g/mol. The SMILES string of the molecule is CCOC(=O)C1CC2(C(=O)OC)COC(C(C)(C)C)N2C1O. The summed E-state index contributed by atoms with van der Waals surface area (Å²) in [5.74, 6) is -1.78. The standard InChI is InChI=1S/C15H25NO6/c1-6-21-11(18)9-7-15(13(19)20-5)8-22-12(14(2,3)4)16(15)10(9)17/h9-10,12,17H,6-8H2,1-5H3. The van der Waals surface area contributed by atoms with Gasteiger partial charge in [-0.25, -0.2) is 9.69 Å². The van der Waals surface area contributed by atoms with Crippen LogP contribution < -0.4 is 0 Å². The first-order valence-corrected chi connectivity index (χ1v) is 7.52. The third-order valence-corrected chi connectivity index (χ3v) is 4.32. The van der Waals surface area contributed by atoms with Gasteiger partial charge in [0, 0.05) is 5.41 Å². The summed E-state index contributed by atoms with van der Waals surface area (Å²) in [4.78, 5) is 26.0. The lowest BCUT2D eigenvalue weighted by Crippen LogP contribution is -2.56. The van der Waals surface area contributed by atoms with Gasteiger partial charge in [-0.1, -0.05) is 20.8 Å². The van der Waals surface area contributed by atoms with Crippen LogP contribution in [0, 0.1) is 11.3 Å². The predicted octanol–water partition coefficient (Wildman–Crippen LogP) is 0.504. The van der Waals surface area contributed by atoms with Crippen LogP contribution in [0.4, 0.5) is 0 Å². The number of aliphatic hydroxyl groups is 1. The van der Waals surface area contributed by atoms with Crippen LogP contribution in [0.25, 0.3) is 0 Å². The van der Waals surface area contributed by atoms with Crippen molar-refractivity contribution >= 4 is 11.9 Å². The fourth-order valence-electron chi connectivity index (χ4n) is 3.37. The molecule has 0 aliphatic carbocycles. The second-order valence-electron chi connectivity index (χ2n) is 6.94. The Bertz CT molecular complexity index is 459. The number of esters is 2. The number of hydrogen-bond donors (Lipinski definition) is 1. The summed E-state index contributed by atoms with van der Waals surface area (Å²) in [5, 5.41) is 10.6. The molecule has 2 fully saturated rings. The molecule has 0 aromatic heterocycles. The molecule has 7 nitrogen and oxygen atoms in total. The lowest BCUT2D eigenvalue weighted by atomic mass is 9.91. The van der Waals surface area contributed by atoms with Crippen molar-refractivity contribution < 1.29 is 28.9 Å². The minimum Gasteiger partial charge on any atom is -0.468 e. The van der Waals surface area contributed by atoms with Crippen molar-refractivity contribution in [3.05, 3.63) is 0 Å². The molecule has 7 heteroatoms. The summed E-state index contributed by atoms with van der Waals surface area (Å²) in [6.07, 6.45) is -1.49. The molecule has 0 aromatic rings. The zero-order chi connectivity index (χ0) is 16.7. The van der Waals surface area contributed by atoms with Gasteiger partial charge in [0.1, 0.15) is 18.0 Å². The highest BCUT2D eigenvalue weighted by Gasteiger charge is 2.66. The highest BCUT2D eigenvalue weighted by molar-refractivity contribution is 5.84. The minimum absolute atomic E-state index is 0.0918. The van der Waals surface area contributed by atoms with E-state index in [9.17, 15) is 14.7 Å². The van der Waals surface area contributed by atoms with Crippen LogP contribution in [0.1, 0.15) is 34.1 Å². The Hall–Kier alpha value is -1.18. The van der Waals surface area contributed by atoms with Crippen LogP contribution in [0.15, 0.2) is 0 Å². The second-order valence-corrected chi connectivity index (χ2v) is 6.94. The van der Waals surface area contributed by atoms with Gasteiger partial charge in [0.25, 0.3) is 0 Å². The third kappa shape index (κ3) is 2.51. The molecule has 0 saturated carbocycles. The van der Waals surface area contributed by atoms with Crippen LogP contribution >= 0.6 is 0 Å². The zero-order valence-corrected chi connectivity index (χ0v) is 13.8. The van der Waals surface area contributed by atoms with Gasteiger partial charge in [0.2, 0.25) is 0 Å². The summed E-state index contributed by atoms with van der Waals surface area (Å²) in [6.45, 7) is 7.89. The molecule has 2 heterocycles. The molecule has 2 aliphatic rings. The summed E-state index contributed by atoms with van der Waals surface area (Å²) in [7, 11) is 1.30. The van der Waals surface area contributed by atoms with Crippen molar-refractivity contribution in [2.24, 2.45) is 11.3 Å². The highest BCUT2D eigenvalue weighted by atomic mass is 16.6. The molecule has 22 heavy (non-hydrogen) atoms. The molecule has 1 N–H and O–H groups in total. The largest absolute Gasteiger partial charge is 0.468 e. The van der Waals surface area contributed by atoms with E-state index in [0.717, 1.165) is 0 Å². The van der Waals surface area contributed by atoms with Crippen molar-refractivity contribution in [2.75, 3.05) is 20.3 Å². The van der Waals surface area contributed by atoms with E-state index in [-0.39, 0.29) is 25.0 Å². The lowest BCUT2D eigenvalue weighted by Gasteiger charge is -2.38. The zero-order valence-electron chi connectivity index (χ0n) is 13.8. The maximum absolute atomic E-state index is 12.4. The van der Waals surface area contributed by atoms with E-state index in [1.807, 2.05) is 20.8 Å². The molecule has 2 aliphatic heterocycles. The minimum atomic E-state index is -1.14. The first kappa shape index (κ1) is 17.2. The Morgan fingerprint density at radius 2 is 2.05 bits per heavy atom. The van der Waals surface area contributed by atoms with Crippen LogP contribution in [-0.2, 0) is 23.8 Å². The number of methoxy groups -OCH3 is 1. The maximum Gasteiger partial charge on any atom is 0.328 e. The summed E-state index contributed by atoms with van der Waals surface area (Å²) in [6, 6.07) is 0. The van der Waals surface area contributed by atoms with E-state index in [1.54, 1.807) is 11.8 Å². The van der Waals surface area contributed by atoms with Crippen LogP contribution in [0.3, 0.4) is 0 Å². The van der Waals surface area contributed by atoms with E-state index in [2.05, 4.69) is 0 Å². The molecule has 2 saturated heterocycles. The Morgan fingerprint density at radius 3 is 2.55 bits per heavy atom. The first-order chi connectivity index (χ1) is 10.2. The maximum atomic E-state index is 12.4. The fraction of sp³-hybridized carbons (Fsp3) is 0.867. The number of nitrogens with zero attached hydrogens (tertiary/aromatic N) is 1. The quantitative estimate of drug-likeness (QED) is 0.759. The molecule has 0 amide bonds. The van der Waals surface area contributed by atoms with Crippen LogP contribution in [-0.4, -0.2) is 60.3 Å². The number of carbonyl (C=O) groups excluding carboxylic acids is 2. The van der Waals surface area contributed by atoms with Crippen molar-refractivity contribution in [1.29, 1.82) is 0 Å². The molecule has 0 spiro atoms. The smallest absolute Gasteiger partial charge is 0.328 e. The highest BCUT2D eigenvalue weighted by Crippen LogP contribution is 2.48. The third-order valence-electron chi connectivity index (χ3n) is 4.32. The summed E-state index contributed by atoms with van der Waals surface area (Å²) >= 11 is 0. The molecule has 2 rings (SSSR count). The Kier molecular flexibility index (Phi) is 4.52. The molecule has 126 valence electrons. The van der Waals surface area contributed by atoms with Crippen LogP contribution in [0.2, 0.25) is 0 Å². The van der Waals surface area contributed by atoms with Gasteiger partial charge in [-0.3, -0.25) is 4.79 Å². The number of rotatable bonds is 3. The van der Waals surface area contributed by atoms with Crippen molar-refractivity contribution in [2.45, 2.75) is 52.1 Å². The number of ether oxygens (including phenoxy) is 3. The molecular formula is C15H25NO6. The topological polar surface area (TPSA) is 85.3 Å². The van der Waals surface area contributed by atoms with Gasteiger partial charge in [-0.05, 0) is 13.3 Å². The Balaban J connectivity index is 2.38. The van der Waals surface area contributed by atoms with Gasteiger partial charge < -0.3 is 19.3 Å². The molecule has 4 atom stereocenters. The van der Waals surface area contributed by atoms with Crippen molar-refractivity contribution in [3.8, 4) is 0 Å². The molecule has 4 unspecified atom stereocenters. The van der Waals surface area contributed by atoms with Crippen molar-refractivity contribution in [3.63, 3.8) is 0 Å². The van der Waals surface area contributed by atoms with Gasteiger partial charge in [-0.15, -0.1) is 0 Å². The Labute approximate surface area is 130 Å². The number of fused-ring (bicyclic) bond motifs is 1. The van der Waals surface area contributed by atoms with Gasteiger partial charge in [0.05, 0.1) is 26.2 Å². The lowest BCUT2D eigenvalue weighted by molar-refractivity contribution is -0.166. The predicted molar refractivity (Wildman–Crippen MR) is 76.5 cm³/mol. The second kappa shape index (κ2) is 5.79. The van der Waals surface area contributed by atoms with E-state index in [1.165, 1.54) is 7.11 Å². The molecule has 0 bridgehead atoms. The monoisotopic (exact) mass is 315 g/mol. The van der Waals surface area contributed by atoms with Crippen molar-refractivity contribution in [1.82, 2.24) is 4.90 Å². The molecule has 0 radical (unpaired) electrons. The average Bonchev–Trinajstić information content (AvgIpc) is 2.95. The van der Waals surface area contributed by atoms with E-state index < -0.39 is 35.9 Å². The van der Waals surface area contributed by atoms with Gasteiger partial charge in [-0.2, -0.15) is 0 Å². The van der Waals surface area contributed by atoms with E-state index in [4.69, 9.17) is 14.2 Å². The van der Waals surface area contributed by atoms with Crippen LogP contribution in [0.5, 0.6) is 0 Å². The summed E-state index contributed by atoms with van der Waals surface area (Å²) in [5.41, 5.74) is -1.47. The molecule has 0 aromatic carbocycles.